The highest BCUT2D eigenvalue weighted by Gasteiger charge is 2.25. The van der Waals surface area contributed by atoms with Crippen molar-refractivity contribution in [3.05, 3.63) is 45.9 Å². The van der Waals surface area contributed by atoms with Gasteiger partial charge in [0.2, 0.25) is 0 Å². The molecule has 0 aliphatic heterocycles. The van der Waals surface area contributed by atoms with Crippen molar-refractivity contribution < 1.29 is 9.90 Å². The van der Waals surface area contributed by atoms with Crippen LogP contribution in [0.5, 0.6) is 5.75 Å². The van der Waals surface area contributed by atoms with Crippen LogP contribution in [0.1, 0.15) is 29.0 Å². The third-order valence-corrected chi connectivity index (χ3v) is 3.69. The molecule has 4 heteroatoms. The number of benzene rings is 1. The van der Waals surface area contributed by atoms with E-state index < -0.39 is 5.92 Å². The molecule has 17 heavy (non-hydrogen) atoms. The summed E-state index contributed by atoms with van der Waals surface area (Å²) in [5, 5.41) is 9.85. The van der Waals surface area contributed by atoms with Crippen molar-refractivity contribution in [2.75, 3.05) is 0 Å². The molecule has 0 bridgehead atoms. The first-order chi connectivity index (χ1) is 8.11. The molecule has 1 atom stereocenters. The third-order valence-electron chi connectivity index (χ3n) is 2.70. The lowest BCUT2D eigenvalue weighted by Crippen LogP contribution is -2.10. The van der Waals surface area contributed by atoms with Crippen LogP contribution < -0.4 is 0 Å². The summed E-state index contributed by atoms with van der Waals surface area (Å²) in [6.07, 6.45) is 0. The lowest BCUT2D eigenvalue weighted by Gasteiger charge is -2.14. The zero-order chi connectivity index (χ0) is 12.4. The first kappa shape index (κ1) is 11.8. The van der Waals surface area contributed by atoms with Crippen molar-refractivity contribution in [1.82, 2.24) is 4.98 Å². The highest BCUT2D eigenvalue weighted by Crippen LogP contribution is 2.35. The minimum Gasteiger partial charge on any atom is -0.508 e. The topological polar surface area (TPSA) is 50.2 Å². The van der Waals surface area contributed by atoms with Crippen LogP contribution in [-0.4, -0.2) is 15.9 Å². The van der Waals surface area contributed by atoms with E-state index in [9.17, 15) is 9.90 Å². The van der Waals surface area contributed by atoms with Gasteiger partial charge < -0.3 is 5.11 Å². The summed E-state index contributed by atoms with van der Waals surface area (Å²) in [7, 11) is 0. The van der Waals surface area contributed by atoms with Crippen molar-refractivity contribution in [3.8, 4) is 5.75 Å². The molecule has 0 aliphatic carbocycles. The molecule has 0 amide bonds. The van der Waals surface area contributed by atoms with Gasteiger partial charge in [-0.3, -0.25) is 4.79 Å². The van der Waals surface area contributed by atoms with Crippen molar-refractivity contribution in [2.45, 2.75) is 19.8 Å². The number of aromatic nitrogens is 1. The summed E-state index contributed by atoms with van der Waals surface area (Å²) >= 11 is 1.45. The number of phenols is 1. The average Bonchev–Trinajstić information content (AvgIpc) is 2.68. The Morgan fingerprint density at radius 3 is 2.65 bits per heavy atom. The number of aryl methyl sites for hydroxylation is 1. The molecule has 1 unspecified atom stereocenters. The van der Waals surface area contributed by atoms with E-state index >= 15 is 0 Å². The summed E-state index contributed by atoms with van der Waals surface area (Å²) in [4.78, 5) is 16.9. The summed E-state index contributed by atoms with van der Waals surface area (Å²) in [5.41, 5.74) is 3.21. The van der Waals surface area contributed by atoms with Crippen molar-refractivity contribution >= 4 is 17.1 Å². The maximum atomic E-state index is 11.8. The van der Waals surface area contributed by atoms with Gasteiger partial charge in [0.15, 0.2) is 0 Å². The maximum absolute atomic E-state index is 11.8. The molecule has 88 valence electrons. The van der Waals surface area contributed by atoms with Gasteiger partial charge in [0.25, 0.3) is 0 Å². The van der Waals surface area contributed by atoms with E-state index in [-0.39, 0.29) is 11.5 Å². The molecule has 0 saturated heterocycles. The predicted octanol–water partition coefficient (Wildman–Crippen LogP) is 2.88. The number of hydrogen-bond donors (Lipinski definition) is 1. The average molecular weight is 247 g/mol. The first-order valence-corrected chi connectivity index (χ1v) is 6.17. The van der Waals surface area contributed by atoms with Crippen molar-refractivity contribution in [3.63, 3.8) is 0 Å². The number of hydrogen-bond acceptors (Lipinski definition) is 4. The number of thiazole rings is 1. The maximum Gasteiger partial charge on any atom is 0.142 e. The fourth-order valence-electron chi connectivity index (χ4n) is 1.86. The van der Waals surface area contributed by atoms with E-state index in [1.54, 1.807) is 23.7 Å². The molecule has 1 aromatic carbocycles. The summed E-state index contributed by atoms with van der Waals surface area (Å²) < 4.78 is 0. The minimum absolute atomic E-state index is 0.0128. The zero-order valence-corrected chi connectivity index (χ0v) is 10.5. The Balaban J connectivity index is 2.55. The Hall–Kier alpha value is -1.68. The number of nitrogens with zero attached hydrogens (tertiary/aromatic N) is 1. The Labute approximate surface area is 104 Å². The van der Waals surface area contributed by atoms with E-state index in [0.29, 0.717) is 5.56 Å². The SMILES string of the molecule is CC(=O)C(c1ccccc1O)c1scnc1C. The monoisotopic (exact) mass is 247 g/mol. The molecule has 0 radical (unpaired) electrons. The van der Waals surface area contributed by atoms with Gasteiger partial charge in [0.1, 0.15) is 11.5 Å². The lowest BCUT2D eigenvalue weighted by molar-refractivity contribution is -0.117. The second-order valence-electron chi connectivity index (χ2n) is 3.90. The van der Waals surface area contributed by atoms with Gasteiger partial charge in [-0.15, -0.1) is 11.3 Å². The van der Waals surface area contributed by atoms with Crippen LogP contribution >= 0.6 is 11.3 Å². The van der Waals surface area contributed by atoms with E-state index in [0.717, 1.165) is 10.6 Å². The number of ketones is 1. The van der Waals surface area contributed by atoms with Crippen LogP contribution in [0, 0.1) is 6.92 Å². The summed E-state index contributed by atoms with van der Waals surface area (Å²) in [6, 6.07) is 6.94. The standard InChI is InChI=1S/C13H13NO2S/c1-8-13(17-7-14-8)12(9(2)15)10-5-3-4-6-11(10)16/h3-7,12,16H,1-2H3. The van der Waals surface area contributed by atoms with E-state index in [4.69, 9.17) is 0 Å². The number of rotatable bonds is 3. The Morgan fingerprint density at radius 2 is 2.12 bits per heavy atom. The van der Waals surface area contributed by atoms with Crippen LogP contribution in [0.4, 0.5) is 0 Å². The van der Waals surface area contributed by atoms with Gasteiger partial charge in [0.05, 0.1) is 17.1 Å². The number of para-hydroxylation sites is 1. The number of carbonyl (C=O) groups is 1. The molecule has 1 heterocycles. The van der Waals surface area contributed by atoms with E-state index in [2.05, 4.69) is 4.98 Å². The number of carbonyl (C=O) groups excluding carboxylic acids is 1. The molecule has 0 spiro atoms. The quantitative estimate of drug-likeness (QED) is 0.907. The van der Waals surface area contributed by atoms with Gasteiger partial charge >= 0.3 is 0 Å². The fraction of sp³-hybridized carbons (Fsp3) is 0.231. The van der Waals surface area contributed by atoms with E-state index in [1.807, 2.05) is 13.0 Å². The molecule has 2 aromatic rings. The summed E-state index contributed by atoms with van der Waals surface area (Å²) in [5.74, 6) is -0.247. The van der Waals surface area contributed by atoms with Crippen LogP contribution in [0.3, 0.4) is 0 Å². The largest absolute Gasteiger partial charge is 0.508 e. The molecule has 2 rings (SSSR count). The van der Waals surface area contributed by atoms with E-state index in [1.165, 1.54) is 18.3 Å². The second kappa shape index (κ2) is 4.67. The minimum atomic E-state index is -0.413. The van der Waals surface area contributed by atoms with Crippen LogP contribution in [0.15, 0.2) is 29.8 Å². The Morgan fingerprint density at radius 1 is 1.41 bits per heavy atom. The van der Waals surface area contributed by atoms with Crippen molar-refractivity contribution in [2.24, 2.45) is 0 Å². The molecule has 0 fully saturated rings. The van der Waals surface area contributed by atoms with Gasteiger partial charge in [-0.05, 0) is 19.9 Å². The third kappa shape index (κ3) is 2.22. The smallest absolute Gasteiger partial charge is 0.142 e. The van der Waals surface area contributed by atoms with Crippen LogP contribution in [0.25, 0.3) is 0 Å². The Kier molecular flexibility index (Phi) is 3.24. The highest BCUT2D eigenvalue weighted by molar-refractivity contribution is 7.10. The number of Topliss-reactive ketones (excluding diaryl/α,β-unsaturated/α-hetero) is 1. The van der Waals surface area contributed by atoms with Crippen LogP contribution in [-0.2, 0) is 4.79 Å². The molecule has 1 aromatic heterocycles. The zero-order valence-electron chi connectivity index (χ0n) is 9.68. The predicted molar refractivity (Wildman–Crippen MR) is 67.5 cm³/mol. The molecular formula is C13H13NO2S. The van der Waals surface area contributed by atoms with Crippen molar-refractivity contribution in [1.29, 1.82) is 0 Å². The van der Waals surface area contributed by atoms with Gasteiger partial charge in [-0.25, -0.2) is 4.98 Å². The number of aromatic hydroxyl groups is 1. The van der Waals surface area contributed by atoms with Gasteiger partial charge in [0, 0.05) is 10.4 Å². The second-order valence-corrected chi connectivity index (χ2v) is 4.79. The van der Waals surface area contributed by atoms with Gasteiger partial charge in [-0.1, -0.05) is 18.2 Å². The fourth-order valence-corrected chi connectivity index (χ4v) is 2.84. The molecule has 0 aliphatic rings. The van der Waals surface area contributed by atoms with Crippen LogP contribution in [0.2, 0.25) is 0 Å². The van der Waals surface area contributed by atoms with Gasteiger partial charge in [-0.2, -0.15) is 0 Å². The number of phenolic OH excluding ortho intramolecular Hbond substituents is 1. The molecule has 1 N–H and O–H groups in total. The normalized spacial score (nSPS) is 12.4. The lowest BCUT2D eigenvalue weighted by atomic mass is 9.92. The molecule has 3 nitrogen and oxygen atoms in total. The molecule has 0 saturated carbocycles. The molecular weight excluding hydrogens is 234 g/mol. The first-order valence-electron chi connectivity index (χ1n) is 5.29. The summed E-state index contributed by atoms with van der Waals surface area (Å²) in [6.45, 7) is 3.41. The Bertz CT molecular complexity index is 548. The highest BCUT2D eigenvalue weighted by atomic mass is 32.1.